The number of benzene rings is 1. The second-order valence-electron chi connectivity index (χ2n) is 6.60. The minimum absolute atomic E-state index is 0.0128. The van der Waals surface area contributed by atoms with Crippen molar-refractivity contribution < 1.29 is 0 Å². The molecule has 0 bridgehead atoms. The van der Waals surface area contributed by atoms with Crippen molar-refractivity contribution in [3.8, 4) is 0 Å². The largest absolute Gasteiger partial charge is 0.294 e. The van der Waals surface area contributed by atoms with Crippen molar-refractivity contribution in [3.05, 3.63) is 88.0 Å². The van der Waals surface area contributed by atoms with E-state index in [-0.39, 0.29) is 5.56 Å². The van der Waals surface area contributed by atoms with Crippen LogP contribution in [0.15, 0.2) is 65.6 Å². The number of fused-ring (bicyclic) bond motifs is 1. The third-order valence-electron chi connectivity index (χ3n) is 4.68. The number of hydrogen-bond donors (Lipinski definition) is 0. The van der Waals surface area contributed by atoms with Gasteiger partial charge >= 0.3 is 0 Å². The van der Waals surface area contributed by atoms with Crippen molar-refractivity contribution in [2.45, 2.75) is 19.9 Å². The molecule has 4 rings (SSSR count). The van der Waals surface area contributed by atoms with Gasteiger partial charge in [0.2, 0.25) is 0 Å². The molecule has 0 unspecified atom stereocenters. The van der Waals surface area contributed by atoms with Crippen LogP contribution in [0.3, 0.4) is 0 Å². The van der Waals surface area contributed by atoms with Crippen LogP contribution in [0.25, 0.3) is 11.2 Å². The van der Waals surface area contributed by atoms with E-state index in [1.165, 1.54) is 11.1 Å². The second kappa shape index (κ2) is 6.65. The highest BCUT2D eigenvalue weighted by Crippen LogP contribution is 2.22. The van der Waals surface area contributed by atoms with E-state index >= 15 is 0 Å². The maximum atomic E-state index is 12.3. The van der Waals surface area contributed by atoms with E-state index in [4.69, 9.17) is 0 Å². The molecule has 126 valence electrons. The van der Waals surface area contributed by atoms with Crippen molar-refractivity contribution in [1.29, 1.82) is 0 Å². The molecule has 1 aliphatic heterocycles. The van der Waals surface area contributed by atoms with Crippen LogP contribution in [0.5, 0.6) is 0 Å². The van der Waals surface area contributed by atoms with Crippen LogP contribution in [0.4, 0.5) is 0 Å². The van der Waals surface area contributed by atoms with E-state index in [2.05, 4.69) is 40.2 Å². The van der Waals surface area contributed by atoms with Gasteiger partial charge in [-0.25, -0.2) is 4.98 Å². The van der Waals surface area contributed by atoms with Gasteiger partial charge in [-0.3, -0.25) is 14.1 Å². The first-order chi connectivity index (χ1) is 12.2. The molecule has 1 aromatic carbocycles. The smallest absolute Gasteiger partial charge is 0.258 e. The van der Waals surface area contributed by atoms with Crippen LogP contribution in [0.1, 0.15) is 23.2 Å². The lowest BCUT2D eigenvalue weighted by atomic mass is 9.99. The Bertz CT molecular complexity index is 989. The van der Waals surface area contributed by atoms with E-state index in [1.807, 2.05) is 31.3 Å². The van der Waals surface area contributed by atoms with Crippen molar-refractivity contribution in [2.75, 3.05) is 13.1 Å². The highest BCUT2D eigenvalue weighted by atomic mass is 16.1. The monoisotopic (exact) mass is 331 g/mol. The molecule has 0 N–H and O–H groups in total. The molecule has 3 heterocycles. The summed E-state index contributed by atoms with van der Waals surface area (Å²) in [6, 6.07) is 16.1. The van der Waals surface area contributed by atoms with Gasteiger partial charge in [0.1, 0.15) is 5.65 Å². The number of rotatable bonds is 3. The molecular weight excluding hydrogens is 310 g/mol. The molecule has 0 amide bonds. The van der Waals surface area contributed by atoms with Gasteiger partial charge in [-0.2, -0.15) is 0 Å². The van der Waals surface area contributed by atoms with Crippen LogP contribution in [0.2, 0.25) is 0 Å². The molecule has 0 radical (unpaired) electrons. The Labute approximate surface area is 147 Å². The fourth-order valence-electron chi connectivity index (χ4n) is 3.34. The number of nitrogens with zero attached hydrogens (tertiary/aromatic N) is 3. The standard InChI is InChI=1S/C21H21N3O/c1-16-7-8-20-22-19(13-21(25)24(20)14-16)15-23-11-9-18(10-12-23)17-5-3-2-4-6-17/h2-9,13-14H,10-12,15H2,1H3. The van der Waals surface area contributed by atoms with Gasteiger partial charge in [0, 0.05) is 31.9 Å². The Morgan fingerprint density at radius 2 is 1.96 bits per heavy atom. The molecule has 4 nitrogen and oxygen atoms in total. The zero-order chi connectivity index (χ0) is 17.2. The molecule has 0 spiro atoms. The molecule has 1 aliphatic rings. The van der Waals surface area contributed by atoms with Crippen LogP contribution in [0, 0.1) is 6.92 Å². The fraction of sp³-hybridized carbons (Fsp3) is 0.238. The van der Waals surface area contributed by atoms with E-state index < -0.39 is 0 Å². The SMILES string of the molecule is Cc1ccc2nc(CN3CC=C(c4ccccc4)CC3)cc(=O)n2c1. The summed E-state index contributed by atoms with van der Waals surface area (Å²) in [5, 5.41) is 0. The molecular formula is C21H21N3O. The Balaban J connectivity index is 1.52. The summed E-state index contributed by atoms with van der Waals surface area (Å²) in [7, 11) is 0. The molecule has 2 aromatic heterocycles. The summed E-state index contributed by atoms with van der Waals surface area (Å²) in [5.41, 5.74) is 5.30. The fourth-order valence-corrected chi connectivity index (χ4v) is 3.34. The molecule has 0 saturated heterocycles. The van der Waals surface area contributed by atoms with Crippen LogP contribution >= 0.6 is 0 Å². The van der Waals surface area contributed by atoms with Crippen LogP contribution in [-0.4, -0.2) is 27.4 Å². The zero-order valence-corrected chi connectivity index (χ0v) is 14.4. The lowest BCUT2D eigenvalue weighted by Crippen LogP contribution is -2.29. The average Bonchev–Trinajstić information content (AvgIpc) is 2.64. The highest BCUT2D eigenvalue weighted by molar-refractivity contribution is 5.66. The lowest BCUT2D eigenvalue weighted by molar-refractivity contribution is 0.290. The van der Waals surface area contributed by atoms with Gasteiger partial charge in [0.25, 0.3) is 5.56 Å². The third kappa shape index (κ3) is 3.39. The Hall–Kier alpha value is -2.72. The van der Waals surface area contributed by atoms with Gasteiger partial charge in [0.05, 0.1) is 5.69 Å². The van der Waals surface area contributed by atoms with E-state index in [1.54, 1.807) is 10.5 Å². The van der Waals surface area contributed by atoms with Gasteiger partial charge in [-0.1, -0.05) is 42.5 Å². The number of hydrogen-bond acceptors (Lipinski definition) is 3. The first kappa shape index (κ1) is 15.8. The predicted molar refractivity (Wildman–Crippen MR) is 101 cm³/mol. The number of aromatic nitrogens is 2. The minimum atomic E-state index is -0.0128. The highest BCUT2D eigenvalue weighted by Gasteiger charge is 2.14. The molecule has 3 aromatic rings. The predicted octanol–water partition coefficient (Wildman–Crippen LogP) is 3.29. The normalized spacial score (nSPS) is 15.3. The van der Waals surface area contributed by atoms with Crippen molar-refractivity contribution >= 4 is 11.2 Å². The van der Waals surface area contributed by atoms with Gasteiger partial charge in [-0.05, 0) is 36.1 Å². The van der Waals surface area contributed by atoms with Crippen LogP contribution < -0.4 is 5.56 Å². The van der Waals surface area contributed by atoms with Crippen molar-refractivity contribution in [3.63, 3.8) is 0 Å². The lowest BCUT2D eigenvalue weighted by Gasteiger charge is -2.26. The quantitative estimate of drug-likeness (QED) is 0.739. The molecule has 0 atom stereocenters. The first-order valence-corrected chi connectivity index (χ1v) is 8.65. The van der Waals surface area contributed by atoms with E-state index in [0.717, 1.165) is 30.8 Å². The van der Waals surface area contributed by atoms with Crippen molar-refractivity contribution in [2.24, 2.45) is 0 Å². The second-order valence-corrected chi connectivity index (χ2v) is 6.60. The Kier molecular flexibility index (Phi) is 4.20. The van der Waals surface area contributed by atoms with Gasteiger partial charge < -0.3 is 0 Å². The summed E-state index contributed by atoms with van der Waals surface area (Å²) in [6.07, 6.45) is 5.15. The molecule has 25 heavy (non-hydrogen) atoms. The number of pyridine rings is 1. The summed E-state index contributed by atoms with van der Waals surface area (Å²) in [6.45, 7) is 4.55. The summed E-state index contributed by atoms with van der Waals surface area (Å²) >= 11 is 0. The summed E-state index contributed by atoms with van der Waals surface area (Å²) in [4.78, 5) is 19.3. The van der Waals surface area contributed by atoms with Crippen molar-refractivity contribution in [1.82, 2.24) is 14.3 Å². The zero-order valence-electron chi connectivity index (χ0n) is 14.4. The summed E-state index contributed by atoms with van der Waals surface area (Å²) in [5.74, 6) is 0. The number of aryl methyl sites for hydroxylation is 1. The summed E-state index contributed by atoms with van der Waals surface area (Å²) < 4.78 is 1.61. The Morgan fingerprint density at radius 1 is 1.12 bits per heavy atom. The molecule has 0 fully saturated rings. The minimum Gasteiger partial charge on any atom is -0.294 e. The maximum absolute atomic E-state index is 12.3. The van der Waals surface area contributed by atoms with E-state index in [9.17, 15) is 4.79 Å². The van der Waals surface area contributed by atoms with Gasteiger partial charge in [-0.15, -0.1) is 0 Å². The molecule has 4 heteroatoms. The average molecular weight is 331 g/mol. The Morgan fingerprint density at radius 3 is 2.72 bits per heavy atom. The van der Waals surface area contributed by atoms with E-state index in [0.29, 0.717) is 12.2 Å². The maximum Gasteiger partial charge on any atom is 0.258 e. The molecule has 0 saturated carbocycles. The van der Waals surface area contributed by atoms with Crippen LogP contribution in [-0.2, 0) is 6.54 Å². The van der Waals surface area contributed by atoms with Gasteiger partial charge in [0.15, 0.2) is 0 Å². The molecule has 0 aliphatic carbocycles. The topological polar surface area (TPSA) is 37.6 Å². The first-order valence-electron chi connectivity index (χ1n) is 8.65. The third-order valence-corrected chi connectivity index (χ3v) is 4.68.